The van der Waals surface area contributed by atoms with Gasteiger partial charge in [-0.05, 0) is 35.7 Å². The minimum absolute atomic E-state index is 0. The Kier molecular flexibility index (Phi) is 7.83. The second-order valence-electron chi connectivity index (χ2n) is 12.4. The first kappa shape index (κ1) is 33.6. The van der Waals surface area contributed by atoms with Gasteiger partial charge in [-0.3, -0.25) is 4.79 Å². The van der Waals surface area contributed by atoms with Crippen LogP contribution < -0.4 is 14.9 Å². The molecule has 0 radical (unpaired) electrons. The van der Waals surface area contributed by atoms with Gasteiger partial charge in [-0.25, -0.2) is 4.79 Å². The molecular weight excluding hydrogens is 688 g/mol. The van der Waals surface area contributed by atoms with Crippen LogP contribution in [-0.2, 0) is 17.6 Å². The quantitative estimate of drug-likeness (QED) is 0.0902. The zero-order valence-electron chi connectivity index (χ0n) is 26.4. The summed E-state index contributed by atoms with van der Waals surface area (Å²) in [5.41, 5.74) is -1.58. The fourth-order valence-electron chi connectivity index (χ4n) is 6.53. The topological polar surface area (TPSA) is 284 Å². The Bertz CT molecular complexity index is 2390. The van der Waals surface area contributed by atoms with Crippen LogP contribution in [0, 0.1) is 0 Å². The lowest BCUT2D eigenvalue weighted by Crippen LogP contribution is -2.34. The average molecular weight is 727 g/mol. The second-order valence-corrected chi connectivity index (χ2v) is 12.4. The summed E-state index contributed by atoms with van der Waals surface area (Å²) in [4.78, 5) is 27.0. The Labute approximate surface area is 298 Å². The fraction of sp³-hybridized carbons (Fsp3) is 0.167. The minimum atomic E-state index is -1.48. The largest absolute Gasteiger partial charge is 0.508 e. The van der Waals surface area contributed by atoms with Crippen LogP contribution in [0.15, 0.2) is 59.4 Å². The molecule has 0 aliphatic carbocycles. The zero-order valence-corrected chi connectivity index (χ0v) is 26.4. The highest BCUT2D eigenvalue weighted by atomic mass is 16.6. The van der Waals surface area contributed by atoms with Crippen LogP contribution in [0.4, 0.5) is 0 Å². The van der Waals surface area contributed by atoms with Gasteiger partial charge in [-0.2, -0.15) is 0 Å². The number of phenolic OH excluding ortho intramolecular Hbond substituents is 9. The van der Waals surface area contributed by atoms with Crippen LogP contribution in [0.1, 0.15) is 52.0 Å². The Hall–Kier alpha value is -6.94. The second kappa shape index (κ2) is 12.1. The van der Waals surface area contributed by atoms with Crippen molar-refractivity contribution in [2.45, 2.75) is 37.3 Å². The molecule has 2 heterocycles. The summed E-state index contributed by atoms with van der Waals surface area (Å²) in [6, 6.07) is 9.20. The number of aromatic hydroxyl groups is 10. The Morgan fingerprint density at radius 2 is 1.19 bits per heavy atom. The van der Waals surface area contributed by atoms with Gasteiger partial charge in [-0.1, -0.05) is 0 Å². The number of benzene rings is 4. The number of carbonyl (C=O) groups excluding carboxylic acids is 1. The van der Waals surface area contributed by atoms with Gasteiger partial charge in [0.25, 0.3) is 0 Å². The lowest BCUT2D eigenvalue weighted by Gasteiger charge is -2.34. The van der Waals surface area contributed by atoms with E-state index >= 15 is 0 Å². The fourth-order valence-corrected chi connectivity index (χ4v) is 6.53. The van der Waals surface area contributed by atoms with E-state index < -0.39 is 92.8 Å². The molecule has 0 spiro atoms. The Morgan fingerprint density at radius 1 is 0.635 bits per heavy atom. The van der Waals surface area contributed by atoms with Gasteiger partial charge in [-0.15, -0.1) is 0 Å². The number of aliphatic hydroxyl groups excluding tert-OH is 1. The van der Waals surface area contributed by atoms with Gasteiger partial charge < -0.3 is 70.4 Å². The molecule has 7 rings (SSSR count). The molecule has 16 nitrogen and oxygen atoms in total. The molecule has 0 amide bonds. The minimum Gasteiger partial charge on any atom is -0.508 e. The predicted molar refractivity (Wildman–Crippen MR) is 186 cm³/mol. The van der Waals surface area contributed by atoms with E-state index in [4.69, 9.17) is 14.2 Å². The highest BCUT2D eigenvalue weighted by Crippen LogP contribution is 2.48. The zero-order chi connectivity index (χ0) is 37.3. The third-order valence-electron chi connectivity index (χ3n) is 8.98. The van der Waals surface area contributed by atoms with Crippen molar-refractivity contribution in [1.29, 1.82) is 0 Å². The van der Waals surface area contributed by atoms with Crippen molar-refractivity contribution in [2.75, 3.05) is 0 Å². The molecule has 0 fully saturated rings. The predicted octanol–water partition coefficient (Wildman–Crippen LogP) is 4.42. The van der Waals surface area contributed by atoms with E-state index in [1.165, 1.54) is 12.1 Å². The van der Waals surface area contributed by atoms with E-state index in [0.29, 0.717) is 0 Å². The van der Waals surface area contributed by atoms with Crippen LogP contribution >= 0.6 is 0 Å². The van der Waals surface area contributed by atoms with Crippen molar-refractivity contribution in [3.8, 4) is 69.0 Å². The maximum atomic E-state index is 13.6. The van der Waals surface area contributed by atoms with E-state index in [9.17, 15) is 65.8 Å². The molecule has 16 heteroatoms. The number of carbonyl (C=O) groups is 1. The molecule has 2 aliphatic heterocycles. The average Bonchev–Trinajstić information content (AvgIpc) is 3.20. The van der Waals surface area contributed by atoms with Crippen molar-refractivity contribution in [2.24, 2.45) is 0 Å². The molecule has 4 atom stereocenters. The van der Waals surface area contributed by atoms with Crippen LogP contribution in [-0.4, -0.2) is 74.3 Å². The molecule has 278 valence electrons. The van der Waals surface area contributed by atoms with Gasteiger partial charge in [0, 0.05) is 66.5 Å². The molecule has 0 bridgehead atoms. The van der Waals surface area contributed by atoms with Crippen LogP contribution in [0.5, 0.6) is 69.0 Å². The highest BCUT2D eigenvalue weighted by Gasteiger charge is 2.39. The van der Waals surface area contributed by atoms with Crippen molar-refractivity contribution >= 4 is 16.7 Å². The molecule has 0 saturated carbocycles. The normalized spacial score (nSPS) is 19.2. The third kappa shape index (κ3) is 5.56. The molecule has 0 unspecified atom stereocenters. The molecule has 0 saturated heterocycles. The molecule has 5 aromatic carbocycles. The number of hydrogen-bond donors (Lipinski definition) is 11. The molecule has 2 aliphatic rings. The van der Waals surface area contributed by atoms with Gasteiger partial charge in [0.05, 0.1) is 17.1 Å². The lowest BCUT2D eigenvalue weighted by molar-refractivity contribution is -0.0188. The van der Waals surface area contributed by atoms with Crippen molar-refractivity contribution in [1.82, 2.24) is 0 Å². The molecule has 0 aromatic heterocycles. The van der Waals surface area contributed by atoms with Crippen molar-refractivity contribution < 1.29 is 82.3 Å². The summed E-state index contributed by atoms with van der Waals surface area (Å²) >= 11 is 0. The highest BCUT2D eigenvalue weighted by molar-refractivity contribution is 5.94. The standard InChI is InChI=1S/C36H28O16.5H2/c37-14-5-20(39)18-10-26(45)35(51-27(18)7-14)17-9-25(44)33(48)30-16(17)1-12(2-24(43)32(30)47)34-29(11-19-21(40)6-15(38)8-28(19)50-34)52-36(49)13-3-22(41)31(46)23(42)4-13;;;;;/h1-9,26,29,34-35,37-42,44-46,48H,10-11H2,(H,43,47);5*1H/t26-,29-,34-,35-;;;;;/m0...../s1. The maximum Gasteiger partial charge on any atom is 0.338 e. The number of esters is 1. The summed E-state index contributed by atoms with van der Waals surface area (Å²) in [6.07, 6.45) is -6.28. The van der Waals surface area contributed by atoms with Crippen LogP contribution in [0.2, 0.25) is 0 Å². The van der Waals surface area contributed by atoms with Crippen LogP contribution in [0.3, 0.4) is 0 Å². The first-order chi connectivity index (χ1) is 24.6. The molecule has 5 aromatic rings. The summed E-state index contributed by atoms with van der Waals surface area (Å²) < 4.78 is 17.8. The molecule has 52 heavy (non-hydrogen) atoms. The van der Waals surface area contributed by atoms with E-state index in [-0.39, 0.29) is 70.6 Å². The van der Waals surface area contributed by atoms with E-state index in [0.717, 1.165) is 42.5 Å². The summed E-state index contributed by atoms with van der Waals surface area (Å²) in [5, 5.41) is 114. The van der Waals surface area contributed by atoms with E-state index in [1.54, 1.807) is 0 Å². The molecular formula is C36H38O16. The van der Waals surface area contributed by atoms with Crippen LogP contribution in [0.25, 0.3) is 10.8 Å². The van der Waals surface area contributed by atoms with Gasteiger partial charge in [0.2, 0.25) is 5.43 Å². The number of phenols is 9. The summed E-state index contributed by atoms with van der Waals surface area (Å²) in [6.45, 7) is 0. The summed E-state index contributed by atoms with van der Waals surface area (Å²) in [5.74, 6) is -8.17. The van der Waals surface area contributed by atoms with E-state index in [2.05, 4.69) is 0 Å². The van der Waals surface area contributed by atoms with E-state index in [1.807, 2.05) is 0 Å². The Morgan fingerprint density at radius 3 is 1.81 bits per heavy atom. The maximum absolute atomic E-state index is 13.6. The number of hydrogen-bond acceptors (Lipinski definition) is 16. The Balaban J connectivity index is 0.00000224. The smallest absolute Gasteiger partial charge is 0.338 e. The lowest BCUT2D eigenvalue weighted by atomic mass is 9.90. The van der Waals surface area contributed by atoms with Gasteiger partial charge in [0.15, 0.2) is 46.7 Å². The first-order valence-corrected chi connectivity index (χ1v) is 15.4. The van der Waals surface area contributed by atoms with Gasteiger partial charge >= 0.3 is 5.97 Å². The summed E-state index contributed by atoms with van der Waals surface area (Å²) in [7, 11) is 0. The SMILES string of the molecule is O=C(O[C@H]1Cc2c(O)cc(O)cc2O[C@H]1c1cc(O)c(=O)c2c(O)c(O)cc([C@@H]3Oc4cc(O)cc(O)c4C[C@@H]3O)c2c1)c1cc(O)c(O)c(O)c1.[HH].[HH].[HH].[HH].[HH]. The van der Waals surface area contributed by atoms with Crippen molar-refractivity contribution in [3.05, 3.63) is 92.6 Å². The molecule has 11 N–H and O–H groups in total. The number of rotatable bonds is 4. The number of ether oxygens (including phenoxy) is 3. The van der Waals surface area contributed by atoms with Gasteiger partial charge in [0.1, 0.15) is 40.6 Å². The first-order valence-electron chi connectivity index (χ1n) is 15.4. The number of aliphatic hydroxyl groups is 1. The van der Waals surface area contributed by atoms with Crippen molar-refractivity contribution in [3.63, 3.8) is 0 Å². The monoisotopic (exact) mass is 726 g/mol. The third-order valence-corrected chi connectivity index (χ3v) is 8.98. The number of fused-ring (bicyclic) bond motifs is 3.